The molecule has 3 rings (SSSR count). The third-order valence-electron chi connectivity index (χ3n) is 3.11. The molecule has 0 radical (unpaired) electrons. The number of hydrogen-bond acceptors (Lipinski definition) is 8. The largest absolute Gasteiger partial charge is 0.440 e. The van der Waals surface area contributed by atoms with E-state index in [2.05, 4.69) is 37.1 Å². The van der Waals surface area contributed by atoms with Crippen molar-refractivity contribution in [2.75, 3.05) is 29.9 Å². The molecule has 3 heterocycles. The molecule has 0 spiro atoms. The molecule has 1 N–H and O–H groups in total. The molecule has 0 aromatic carbocycles. The number of nitrogens with one attached hydrogen (secondary N) is 1. The first kappa shape index (κ1) is 14.1. The van der Waals surface area contributed by atoms with Gasteiger partial charge in [-0.2, -0.15) is 15.0 Å². The molecule has 2 aromatic rings. The van der Waals surface area contributed by atoms with Gasteiger partial charge in [0, 0.05) is 31.4 Å². The number of nitrogens with zero attached hydrogens (tertiary/aromatic N) is 5. The molecule has 1 saturated heterocycles. The normalized spacial score (nSPS) is 14.6. The molecule has 21 heavy (non-hydrogen) atoms. The second-order valence-electron chi connectivity index (χ2n) is 4.76. The third-order valence-corrected chi connectivity index (χ3v) is 3.85. The van der Waals surface area contributed by atoms with Gasteiger partial charge in [0.2, 0.25) is 17.1 Å². The number of oxazole rings is 1. The summed E-state index contributed by atoms with van der Waals surface area (Å²) in [6, 6.07) is 0. The Labute approximate surface area is 127 Å². The average Bonchev–Trinajstić information content (AvgIpc) is 3.18. The summed E-state index contributed by atoms with van der Waals surface area (Å²) in [6.07, 6.45) is 6.55. The SMILES string of the molecule is CCCNc1nc(Sc2ncco2)nc(N2CCCC2)n1. The van der Waals surface area contributed by atoms with E-state index in [0.717, 1.165) is 32.0 Å². The zero-order valence-corrected chi connectivity index (χ0v) is 12.8. The van der Waals surface area contributed by atoms with Crippen LogP contribution in [0.5, 0.6) is 0 Å². The minimum Gasteiger partial charge on any atom is -0.440 e. The number of aromatic nitrogens is 4. The van der Waals surface area contributed by atoms with Gasteiger partial charge in [-0.3, -0.25) is 0 Å². The summed E-state index contributed by atoms with van der Waals surface area (Å²) >= 11 is 1.31. The van der Waals surface area contributed by atoms with E-state index in [-0.39, 0.29) is 0 Å². The zero-order chi connectivity index (χ0) is 14.5. The van der Waals surface area contributed by atoms with Gasteiger partial charge in [0.05, 0.1) is 6.20 Å². The van der Waals surface area contributed by atoms with Gasteiger partial charge < -0.3 is 14.6 Å². The summed E-state index contributed by atoms with van der Waals surface area (Å²) < 4.78 is 5.24. The summed E-state index contributed by atoms with van der Waals surface area (Å²) in [7, 11) is 0. The minimum absolute atomic E-state index is 0.537. The maximum Gasteiger partial charge on any atom is 0.263 e. The molecule has 8 heteroatoms. The Bertz CT molecular complexity index is 570. The van der Waals surface area contributed by atoms with E-state index in [1.165, 1.54) is 24.6 Å². The van der Waals surface area contributed by atoms with E-state index in [1.807, 2.05) is 0 Å². The van der Waals surface area contributed by atoms with Crippen molar-refractivity contribution in [1.82, 2.24) is 19.9 Å². The molecule has 1 aliphatic rings. The molecule has 0 bridgehead atoms. The van der Waals surface area contributed by atoms with E-state index in [1.54, 1.807) is 12.5 Å². The van der Waals surface area contributed by atoms with Crippen LogP contribution in [0.1, 0.15) is 26.2 Å². The van der Waals surface area contributed by atoms with E-state index in [0.29, 0.717) is 16.3 Å². The van der Waals surface area contributed by atoms with Gasteiger partial charge >= 0.3 is 0 Å². The smallest absolute Gasteiger partial charge is 0.263 e. The summed E-state index contributed by atoms with van der Waals surface area (Å²) in [5.41, 5.74) is 0. The fourth-order valence-corrected chi connectivity index (χ4v) is 2.74. The van der Waals surface area contributed by atoms with Crippen molar-refractivity contribution in [1.29, 1.82) is 0 Å². The van der Waals surface area contributed by atoms with Gasteiger partial charge in [0.15, 0.2) is 0 Å². The number of hydrogen-bond donors (Lipinski definition) is 1. The highest BCUT2D eigenvalue weighted by atomic mass is 32.2. The van der Waals surface area contributed by atoms with Gasteiger partial charge in [-0.1, -0.05) is 6.92 Å². The molecule has 0 atom stereocenters. The lowest BCUT2D eigenvalue weighted by Gasteiger charge is -2.16. The van der Waals surface area contributed by atoms with Crippen LogP contribution < -0.4 is 10.2 Å². The molecule has 1 aliphatic heterocycles. The Morgan fingerprint density at radius 2 is 2.14 bits per heavy atom. The Morgan fingerprint density at radius 3 is 2.86 bits per heavy atom. The van der Waals surface area contributed by atoms with Crippen LogP contribution >= 0.6 is 11.8 Å². The molecule has 1 fully saturated rings. The Morgan fingerprint density at radius 1 is 1.29 bits per heavy atom. The van der Waals surface area contributed by atoms with Crippen LogP contribution in [0.3, 0.4) is 0 Å². The van der Waals surface area contributed by atoms with E-state index in [9.17, 15) is 0 Å². The van der Waals surface area contributed by atoms with Crippen molar-refractivity contribution in [3.63, 3.8) is 0 Å². The predicted molar refractivity (Wildman–Crippen MR) is 80.7 cm³/mol. The number of anilines is 2. The lowest BCUT2D eigenvalue weighted by atomic mass is 10.4. The third kappa shape index (κ3) is 3.63. The molecular formula is C13H18N6OS. The summed E-state index contributed by atoms with van der Waals surface area (Å²) in [5, 5.41) is 4.37. The molecule has 2 aromatic heterocycles. The van der Waals surface area contributed by atoms with Crippen LogP contribution in [0.4, 0.5) is 11.9 Å². The first-order valence-corrected chi connectivity index (χ1v) is 7.99. The van der Waals surface area contributed by atoms with Crippen molar-refractivity contribution < 1.29 is 4.42 Å². The summed E-state index contributed by atoms with van der Waals surface area (Å²) in [5.74, 6) is 1.35. The molecule has 0 aliphatic carbocycles. The van der Waals surface area contributed by atoms with Crippen LogP contribution in [0.15, 0.2) is 27.3 Å². The molecule has 7 nitrogen and oxygen atoms in total. The van der Waals surface area contributed by atoms with Crippen LogP contribution in [0.25, 0.3) is 0 Å². The fourth-order valence-electron chi connectivity index (χ4n) is 2.10. The molecular weight excluding hydrogens is 288 g/mol. The molecule has 112 valence electrons. The van der Waals surface area contributed by atoms with Crippen LogP contribution in [-0.4, -0.2) is 39.6 Å². The Balaban J connectivity index is 1.84. The first-order valence-electron chi connectivity index (χ1n) is 7.17. The van der Waals surface area contributed by atoms with Crippen molar-refractivity contribution in [3.8, 4) is 0 Å². The summed E-state index contributed by atoms with van der Waals surface area (Å²) in [4.78, 5) is 19.7. The maximum absolute atomic E-state index is 5.24. The van der Waals surface area contributed by atoms with Gasteiger partial charge in [0.1, 0.15) is 6.26 Å². The van der Waals surface area contributed by atoms with Crippen molar-refractivity contribution in [2.45, 2.75) is 36.6 Å². The second kappa shape index (κ2) is 6.75. The average molecular weight is 306 g/mol. The van der Waals surface area contributed by atoms with E-state index >= 15 is 0 Å². The molecule has 0 amide bonds. The quantitative estimate of drug-likeness (QED) is 0.871. The lowest BCUT2D eigenvalue weighted by molar-refractivity contribution is 0.453. The highest BCUT2D eigenvalue weighted by Gasteiger charge is 2.18. The zero-order valence-electron chi connectivity index (χ0n) is 11.9. The van der Waals surface area contributed by atoms with Gasteiger partial charge in [0.25, 0.3) is 5.22 Å². The first-order chi connectivity index (χ1) is 10.3. The van der Waals surface area contributed by atoms with Crippen molar-refractivity contribution in [2.24, 2.45) is 0 Å². The van der Waals surface area contributed by atoms with Gasteiger partial charge in [-0.25, -0.2) is 4.98 Å². The second-order valence-corrected chi connectivity index (χ2v) is 5.68. The monoisotopic (exact) mass is 306 g/mol. The number of rotatable bonds is 6. The standard InChI is InChI=1S/C13H18N6OS/c1-2-5-14-10-16-11(19-7-3-4-8-19)18-12(17-10)21-13-15-6-9-20-13/h6,9H,2-5,7-8H2,1H3,(H,14,16,17,18). The Hall–Kier alpha value is -1.83. The van der Waals surface area contributed by atoms with E-state index in [4.69, 9.17) is 4.42 Å². The van der Waals surface area contributed by atoms with Crippen molar-refractivity contribution >= 4 is 23.7 Å². The minimum atomic E-state index is 0.537. The highest BCUT2D eigenvalue weighted by molar-refractivity contribution is 7.98. The topological polar surface area (TPSA) is 80.0 Å². The fraction of sp³-hybridized carbons (Fsp3) is 0.538. The van der Waals surface area contributed by atoms with Crippen LogP contribution in [0.2, 0.25) is 0 Å². The van der Waals surface area contributed by atoms with Gasteiger partial charge in [-0.05, 0) is 19.3 Å². The summed E-state index contributed by atoms with van der Waals surface area (Å²) in [6.45, 7) is 4.95. The van der Waals surface area contributed by atoms with Crippen molar-refractivity contribution in [3.05, 3.63) is 12.5 Å². The van der Waals surface area contributed by atoms with Gasteiger partial charge in [-0.15, -0.1) is 0 Å². The van der Waals surface area contributed by atoms with Crippen LogP contribution in [0, 0.1) is 0 Å². The lowest BCUT2D eigenvalue weighted by Crippen LogP contribution is -2.22. The highest BCUT2D eigenvalue weighted by Crippen LogP contribution is 2.26. The molecule has 0 saturated carbocycles. The maximum atomic E-state index is 5.24. The van der Waals surface area contributed by atoms with E-state index < -0.39 is 0 Å². The predicted octanol–water partition coefficient (Wildman–Crippen LogP) is 2.43. The molecule has 0 unspecified atom stereocenters. The Kier molecular flexibility index (Phi) is 4.54. The van der Waals surface area contributed by atoms with Crippen LogP contribution in [-0.2, 0) is 0 Å².